The molecule has 128 valence electrons. The first kappa shape index (κ1) is 17.7. The number of nitrogens with one attached hydrogen (secondary N) is 1. The van der Waals surface area contributed by atoms with Crippen LogP contribution < -0.4 is 4.72 Å². The Morgan fingerprint density at radius 1 is 1.23 bits per heavy atom. The van der Waals surface area contributed by atoms with Crippen molar-refractivity contribution in [3.05, 3.63) is 0 Å². The lowest BCUT2D eigenvalue weighted by Crippen LogP contribution is -2.55. The molecule has 2 N–H and O–H groups in total. The SMILES string of the molecule is CCN(CC(=O)O)C1CC(NS(=O)(=O)CC2CCCCC2)C1. The second kappa shape index (κ2) is 7.75. The van der Waals surface area contributed by atoms with Crippen LogP contribution in [0.3, 0.4) is 0 Å². The van der Waals surface area contributed by atoms with Crippen molar-refractivity contribution in [1.82, 2.24) is 9.62 Å². The number of hydrogen-bond acceptors (Lipinski definition) is 4. The minimum atomic E-state index is -3.21. The van der Waals surface area contributed by atoms with Gasteiger partial charge in [0.25, 0.3) is 0 Å². The fourth-order valence-corrected chi connectivity index (χ4v) is 5.37. The maximum Gasteiger partial charge on any atom is 0.317 e. The Hall–Kier alpha value is -0.660. The maximum atomic E-state index is 12.2. The van der Waals surface area contributed by atoms with Gasteiger partial charge in [-0.15, -0.1) is 0 Å². The van der Waals surface area contributed by atoms with E-state index in [9.17, 15) is 13.2 Å². The number of rotatable bonds is 8. The normalized spacial score (nSPS) is 26.8. The van der Waals surface area contributed by atoms with E-state index in [1.165, 1.54) is 6.42 Å². The van der Waals surface area contributed by atoms with Crippen molar-refractivity contribution >= 4 is 16.0 Å². The van der Waals surface area contributed by atoms with Crippen molar-refractivity contribution in [2.24, 2.45) is 5.92 Å². The maximum absolute atomic E-state index is 12.2. The van der Waals surface area contributed by atoms with Gasteiger partial charge in [-0.3, -0.25) is 9.69 Å². The average Bonchev–Trinajstić information content (AvgIpc) is 2.40. The van der Waals surface area contributed by atoms with Gasteiger partial charge >= 0.3 is 5.97 Å². The molecule has 0 spiro atoms. The van der Waals surface area contributed by atoms with Gasteiger partial charge in [0.1, 0.15) is 0 Å². The number of sulfonamides is 1. The highest BCUT2D eigenvalue weighted by Gasteiger charge is 2.36. The number of carboxylic acids is 1. The van der Waals surface area contributed by atoms with Gasteiger partial charge in [-0.25, -0.2) is 13.1 Å². The Labute approximate surface area is 133 Å². The summed E-state index contributed by atoms with van der Waals surface area (Å²) in [6.07, 6.45) is 6.99. The molecule has 0 saturated heterocycles. The molecule has 0 aromatic heterocycles. The van der Waals surface area contributed by atoms with Gasteiger partial charge in [-0.05, 0) is 38.1 Å². The van der Waals surface area contributed by atoms with Gasteiger partial charge < -0.3 is 5.11 Å². The predicted molar refractivity (Wildman–Crippen MR) is 85.2 cm³/mol. The van der Waals surface area contributed by atoms with E-state index in [0.29, 0.717) is 25.3 Å². The zero-order valence-electron chi connectivity index (χ0n) is 13.3. The first-order chi connectivity index (χ1) is 10.4. The van der Waals surface area contributed by atoms with Crippen LogP contribution >= 0.6 is 0 Å². The predicted octanol–water partition coefficient (Wildman–Crippen LogP) is 1.42. The van der Waals surface area contributed by atoms with Gasteiger partial charge in [-0.2, -0.15) is 0 Å². The monoisotopic (exact) mass is 332 g/mol. The lowest BCUT2D eigenvalue weighted by atomic mass is 9.86. The Kier molecular flexibility index (Phi) is 6.23. The summed E-state index contributed by atoms with van der Waals surface area (Å²) in [7, 11) is -3.21. The molecule has 0 atom stereocenters. The minimum absolute atomic E-state index is 0.0264. The molecule has 2 aliphatic rings. The second-order valence-electron chi connectivity index (χ2n) is 6.68. The van der Waals surface area contributed by atoms with Crippen molar-refractivity contribution in [3.8, 4) is 0 Å². The summed E-state index contributed by atoms with van der Waals surface area (Å²) in [5, 5.41) is 8.86. The highest BCUT2D eigenvalue weighted by Crippen LogP contribution is 2.28. The van der Waals surface area contributed by atoms with Gasteiger partial charge in [-0.1, -0.05) is 26.2 Å². The summed E-state index contributed by atoms with van der Waals surface area (Å²) >= 11 is 0. The molecule has 2 fully saturated rings. The lowest BCUT2D eigenvalue weighted by molar-refractivity contribution is -0.139. The molecule has 2 saturated carbocycles. The van der Waals surface area contributed by atoms with Gasteiger partial charge in [0, 0.05) is 12.1 Å². The standard InChI is InChI=1S/C15H28N2O4S/c1-2-17(10-15(18)19)14-8-13(9-14)16-22(20,21)11-12-6-4-3-5-7-12/h12-14,16H,2-11H2,1H3,(H,18,19). The molecule has 22 heavy (non-hydrogen) atoms. The third-order valence-corrected chi connectivity index (χ3v) is 6.50. The van der Waals surface area contributed by atoms with E-state index in [1.807, 2.05) is 11.8 Å². The zero-order chi connectivity index (χ0) is 16.2. The average molecular weight is 332 g/mol. The van der Waals surface area contributed by atoms with Crippen molar-refractivity contribution in [2.75, 3.05) is 18.8 Å². The molecule has 0 aromatic carbocycles. The molecular weight excluding hydrogens is 304 g/mol. The van der Waals surface area contributed by atoms with Crippen LogP contribution in [0.1, 0.15) is 51.9 Å². The van der Waals surface area contributed by atoms with E-state index >= 15 is 0 Å². The fourth-order valence-electron chi connectivity index (χ4n) is 3.62. The smallest absolute Gasteiger partial charge is 0.317 e. The van der Waals surface area contributed by atoms with E-state index in [1.54, 1.807) is 0 Å². The van der Waals surface area contributed by atoms with Crippen molar-refractivity contribution in [1.29, 1.82) is 0 Å². The summed E-state index contributed by atoms with van der Waals surface area (Å²) in [4.78, 5) is 12.7. The van der Waals surface area contributed by atoms with Crippen LogP contribution in [0.2, 0.25) is 0 Å². The van der Waals surface area contributed by atoms with E-state index in [0.717, 1.165) is 25.7 Å². The van der Waals surface area contributed by atoms with Crippen LogP contribution in [0, 0.1) is 5.92 Å². The number of aliphatic carboxylic acids is 1. The zero-order valence-corrected chi connectivity index (χ0v) is 14.1. The summed E-state index contributed by atoms with van der Waals surface area (Å²) < 4.78 is 27.2. The third-order valence-electron chi connectivity index (χ3n) is 4.90. The van der Waals surface area contributed by atoms with E-state index < -0.39 is 16.0 Å². The van der Waals surface area contributed by atoms with Crippen LogP contribution in [0.4, 0.5) is 0 Å². The lowest BCUT2D eigenvalue weighted by Gasteiger charge is -2.42. The second-order valence-corrected chi connectivity index (χ2v) is 8.48. The quantitative estimate of drug-likeness (QED) is 0.702. The molecule has 0 amide bonds. The Morgan fingerprint density at radius 3 is 2.41 bits per heavy atom. The van der Waals surface area contributed by atoms with Gasteiger partial charge in [0.15, 0.2) is 0 Å². The fraction of sp³-hybridized carbons (Fsp3) is 0.933. The Morgan fingerprint density at radius 2 is 1.86 bits per heavy atom. The minimum Gasteiger partial charge on any atom is -0.480 e. The number of likely N-dealkylation sites (N-methyl/N-ethyl adjacent to an activating group) is 1. The number of carboxylic acid groups (broad SMARTS) is 1. The summed E-state index contributed by atoms with van der Waals surface area (Å²) in [6.45, 7) is 2.64. The van der Waals surface area contributed by atoms with E-state index in [-0.39, 0.29) is 24.4 Å². The molecule has 0 radical (unpaired) electrons. The van der Waals surface area contributed by atoms with Crippen LogP contribution in [-0.2, 0) is 14.8 Å². The number of nitrogens with zero attached hydrogens (tertiary/aromatic N) is 1. The molecule has 0 bridgehead atoms. The van der Waals surface area contributed by atoms with E-state index in [2.05, 4.69) is 4.72 Å². The van der Waals surface area contributed by atoms with Crippen LogP contribution in [0.5, 0.6) is 0 Å². The Balaban J connectivity index is 1.74. The first-order valence-electron chi connectivity index (χ1n) is 8.35. The number of carbonyl (C=O) groups is 1. The summed E-state index contributed by atoms with van der Waals surface area (Å²) in [5.41, 5.74) is 0. The first-order valence-corrected chi connectivity index (χ1v) is 10.0. The highest BCUT2D eigenvalue weighted by molar-refractivity contribution is 7.89. The molecule has 2 aliphatic carbocycles. The molecule has 0 aromatic rings. The molecule has 0 heterocycles. The molecule has 6 nitrogen and oxygen atoms in total. The number of hydrogen-bond donors (Lipinski definition) is 2. The molecule has 0 unspecified atom stereocenters. The molecular formula is C15H28N2O4S. The summed E-state index contributed by atoms with van der Waals surface area (Å²) in [6, 6.07) is 0.157. The topological polar surface area (TPSA) is 86.7 Å². The van der Waals surface area contributed by atoms with Crippen LogP contribution in [0.15, 0.2) is 0 Å². The van der Waals surface area contributed by atoms with Crippen molar-refractivity contribution in [2.45, 2.75) is 64.0 Å². The van der Waals surface area contributed by atoms with Crippen LogP contribution in [0.25, 0.3) is 0 Å². The van der Waals surface area contributed by atoms with E-state index in [4.69, 9.17) is 5.11 Å². The third kappa shape index (κ3) is 5.21. The van der Waals surface area contributed by atoms with Crippen LogP contribution in [-0.4, -0.2) is 55.3 Å². The van der Waals surface area contributed by atoms with Crippen molar-refractivity contribution in [3.63, 3.8) is 0 Å². The van der Waals surface area contributed by atoms with Crippen molar-refractivity contribution < 1.29 is 18.3 Å². The Bertz CT molecular complexity index is 468. The molecule has 2 rings (SSSR count). The molecule has 7 heteroatoms. The summed E-state index contributed by atoms with van der Waals surface area (Å²) in [5.74, 6) is -0.273. The molecule has 0 aliphatic heterocycles. The van der Waals surface area contributed by atoms with Gasteiger partial charge in [0.05, 0.1) is 12.3 Å². The largest absolute Gasteiger partial charge is 0.480 e. The van der Waals surface area contributed by atoms with Gasteiger partial charge in [0.2, 0.25) is 10.0 Å². The highest BCUT2D eigenvalue weighted by atomic mass is 32.2.